The summed E-state index contributed by atoms with van der Waals surface area (Å²) in [6.45, 7) is 6.21. The highest BCUT2D eigenvalue weighted by molar-refractivity contribution is 5.45. The van der Waals surface area contributed by atoms with Crippen molar-refractivity contribution in [3.05, 3.63) is 11.9 Å². The number of nitrogens with one attached hydrogen (secondary N) is 1. The molecule has 1 heterocycles. The third-order valence-electron chi connectivity index (χ3n) is 2.34. The van der Waals surface area contributed by atoms with Gasteiger partial charge in [0, 0.05) is 12.1 Å². The van der Waals surface area contributed by atoms with Crippen molar-refractivity contribution in [1.29, 1.82) is 0 Å². The van der Waals surface area contributed by atoms with Crippen molar-refractivity contribution in [2.24, 2.45) is 0 Å². The van der Waals surface area contributed by atoms with Gasteiger partial charge in [-0.3, -0.25) is 0 Å². The molecular formula is C11H20N4. The average molecular weight is 208 g/mol. The summed E-state index contributed by atoms with van der Waals surface area (Å²) in [6, 6.07) is 2.26. The molecule has 0 aliphatic rings. The summed E-state index contributed by atoms with van der Waals surface area (Å²) >= 11 is 0. The normalized spacial score (nSPS) is 12.5. The van der Waals surface area contributed by atoms with Crippen molar-refractivity contribution in [2.75, 3.05) is 11.1 Å². The maximum absolute atomic E-state index is 5.66. The van der Waals surface area contributed by atoms with Crippen LogP contribution in [0.3, 0.4) is 0 Å². The zero-order valence-electron chi connectivity index (χ0n) is 9.75. The highest BCUT2D eigenvalue weighted by Crippen LogP contribution is 2.12. The van der Waals surface area contributed by atoms with E-state index in [4.69, 9.17) is 5.73 Å². The average Bonchev–Trinajstić information content (AvgIpc) is 2.15. The van der Waals surface area contributed by atoms with Crippen LogP contribution in [0.2, 0.25) is 0 Å². The van der Waals surface area contributed by atoms with Crippen molar-refractivity contribution in [1.82, 2.24) is 9.97 Å². The molecule has 0 aliphatic carbocycles. The van der Waals surface area contributed by atoms with Gasteiger partial charge in [-0.1, -0.05) is 20.3 Å². The third-order valence-corrected chi connectivity index (χ3v) is 2.34. The first kappa shape index (κ1) is 11.8. The summed E-state index contributed by atoms with van der Waals surface area (Å²) in [5.74, 6) is 2.07. The van der Waals surface area contributed by atoms with Crippen LogP contribution in [0.4, 0.5) is 11.6 Å². The standard InChI is InChI=1S/C11H20N4/c1-4-6-9(5-2)15-11-7-10(12)13-8(3)14-11/h7,9H,4-6H2,1-3H3,(H3,12,13,14,15). The Hall–Kier alpha value is -1.32. The topological polar surface area (TPSA) is 63.8 Å². The van der Waals surface area contributed by atoms with E-state index < -0.39 is 0 Å². The number of hydrogen-bond acceptors (Lipinski definition) is 4. The van der Waals surface area contributed by atoms with Gasteiger partial charge in [-0.15, -0.1) is 0 Å². The lowest BCUT2D eigenvalue weighted by molar-refractivity contribution is 0.620. The van der Waals surface area contributed by atoms with Gasteiger partial charge in [-0.25, -0.2) is 9.97 Å². The monoisotopic (exact) mass is 208 g/mol. The predicted octanol–water partition coefficient (Wildman–Crippen LogP) is 2.36. The van der Waals surface area contributed by atoms with E-state index in [0.717, 1.165) is 18.7 Å². The summed E-state index contributed by atoms with van der Waals surface area (Å²) in [5, 5.41) is 3.38. The number of anilines is 2. The summed E-state index contributed by atoms with van der Waals surface area (Å²) in [6.07, 6.45) is 3.42. The van der Waals surface area contributed by atoms with Gasteiger partial charge < -0.3 is 11.1 Å². The largest absolute Gasteiger partial charge is 0.384 e. The molecule has 1 atom stereocenters. The summed E-state index contributed by atoms with van der Waals surface area (Å²) in [7, 11) is 0. The maximum atomic E-state index is 5.66. The molecular weight excluding hydrogens is 188 g/mol. The van der Waals surface area contributed by atoms with Crippen molar-refractivity contribution in [3.8, 4) is 0 Å². The molecule has 0 aromatic carbocycles. The molecule has 0 amide bonds. The Bertz CT molecular complexity index is 291. The quantitative estimate of drug-likeness (QED) is 0.779. The van der Waals surface area contributed by atoms with Gasteiger partial charge in [0.2, 0.25) is 0 Å². The highest BCUT2D eigenvalue weighted by atomic mass is 15.1. The van der Waals surface area contributed by atoms with Gasteiger partial charge in [-0.05, 0) is 19.8 Å². The van der Waals surface area contributed by atoms with Gasteiger partial charge in [0.1, 0.15) is 17.5 Å². The van der Waals surface area contributed by atoms with Crippen molar-refractivity contribution < 1.29 is 0 Å². The Morgan fingerprint density at radius 2 is 2.13 bits per heavy atom. The number of nitrogen functional groups attached to an aromatic ring is 1. The van der Waals surface area contributed by atoms with Crippen LogP contribution in [0.1, 0.15) is 38.9 Å². The summed E-state index contributed by atoms with van der Waals surface area (Å²) in [5.41, 5.74) is 5.66. The Morgan fingerprint density at radius 1 is 1.40 bits per heavy atom. The first-order valence-corrected chi connectivity index (χ1v) is 5.53. The Morgan fingerprint density at radius 3 is 2.67 bits per heavy atom. The highest BCUT2D eigenvalue weighted by Gasteiger charge is 2.06. The number of nitrogens with zero attached hydrogens (tertiary/aromatic N) is 2. The number of aryl methyl sites for hydroxylation is 1. The van der Waals surface area contributed by atoms with Crippen LogP contribution in [-0.2, 0) is 0 Å². The van der Waals surface area contributed by atoms with Gasteiger partial charge in [0.05, 0.1) is 0 Å². The second-order valence-electron chi connectivity index (χ2n) is 3.76. The molecule has 0 saturated heterocycles. The smallest absolute Gasteiger partial charge is 0.132 e. The minimum absolute atomic E-state index is 0.476. The molecule has 0 saturated carbocycles. The maximum Gasteiger partial charge on any atom is 0.132 e. The SMILES string of the molecule is CCCC(CC)Nc1cc(N)nc(C)n1. The van der Waals surface area contributed by atoms with E-state index in [1.165, 1.54) is 6.42 Å². The predicted molar refractivity (Wildman–Crippen MR) is 63.8 cm³/mol. The number of nitrogens with two attached hydrogens (primary N) is 1. The fraction of sp³-hybridized carbons (Fsp3) is 0.636. The lowest BCUT2D eigenvalue weighted by Gasteiger charge is -2.16. The molecule has 1 rings (SSSR count). The molecule has 4 heteroatoms. The van der Waals surface area contributed by atoms with Crippen LogP contribution < -0.4 is 11.1 Å². The minimum Gasteiger partial charge on any atom is -0.384 e. The molecule has 0 aliphatic heterocycles. The molecule has 3 N–H and O–H groups in total. The van der Waals surface area contributed by atoms with Crippen molar-refractivity contribution in [2.45, 2.75) is 46.1 Å². The van der Waals surface area contributed by atoms with Crippen molar-refractivity contribution >= 4 is 11.6 Å². The van der Waals surface area contributed by atoms with Gasteiger partial charge in [0.15, 0.2) is 0 Å². The molecule has 4 nitrogen and oxygen atoms in total. The van der Waals surface area contributed by atoms with Crippen molar-refractivity contribution in [3.63, 3.8) is 0 Å². The van der Waals surface area contributed by atoms with E-state index >= 15 is 0 Å². The molecule has 1 unspecified atom stereocenters. The van der Waals surface area contributed by atoms with Crippen LogP contribution >= 0.6 is 0 Å². The van der Waals surface area contributed by atoms with Crippen LogP contribution in [0.5, 0.6) is 0 Å². The van der Waals surface area contributed by atoms with Crippen LogP contribution in [0.25, 0.3) is 0 Å². The molecule has 84 valence electrons. The van der Waals surface area contributed by atoms with E-state index in [9.17, 15) is 0 Å². The summed E-state index contributed by atoms with van der Waals surface area (Å²) in [4.78, 5) is 8.34. The van der Waals surface area contributed by atoms with Gasteiger partial charge >= 0.3 is 0 Å². The van der Waals surface area contributed by atoms with E-state index in [0.29, 0.717) is 17.7 Å². The molecule has 0 bridgehead atoms. The van der Waals surface area contributed by atoms with E-state index in [2.05, 4.69) is 29.1 Å². The van der Waals surface area contributed by atoms with Gasteiger partial charge in [-0.2, -0.15) is 0 Å². The zero-order valence-corrected chi connectivity index (χ0v) is 9.75. The van der Waals surface area contributed by atoms with Crippen LogP contribution in [0.15, 0.2) is 6.07 Å². The zero-order chi connectivity index (χ0) is 11.3. The number of rotatable bonds is 5. The van der Waals surface area contributed by atoms with Crippen LogP contribution in [-0.4, -0.2) is 16.0 Å². The fourth-order valence-corrected chi connectivity index (χ4v) is 1.60. The van der Waals surface area contributed by atoms with E-state index in [1.54, 1.807) is 6.07 Å². The minimum atomic E-state index is 0.476. The first-order valence-electron chi connectivity index (χ1n) is 5.53. The number of hydrogen-bond donors (Lipinski definition) is 2. The summed E-state index contributed by atoms with van der Waals surface area (Å²) < 4.78 is 0. The molecule has 1 aromatic rings. The third kappa shape index (κ3) is 3.73. The molecule has 1 aromatic heterocycles. The lowest BCUT2D eigenvalue weighted by atomic mass is 10.1. The first-order chi connectivity index (χ1) is 7.15. The Kier molecular flexibility index (Phi) is 4.34. The van der Waals surface area contributed by atoms with E-state index in [-0.39, 0.29) is 0 Å². The molecule has 0 fully saturated rings. The second-order valence-corrected chi connectivity index (χ2v) is 3.76. The molecule has 0 spiro atoms. The lowest BCUT2D eigenvalue weighted by Crippen LogP contribution is -2.19. The Balaban J connectivity index is 2.69. The van der Waals surface area contributed by atoms with Crippen LogP contribution in [0, 0.1) is 6.92 Å². The molecule has 0 radical (unpaired) electrons. The number of aromatic nitrogens is 2. The molecule has 15 heavy (non-hydrogen) atoms. The fourth-order valence-electron chi connectivity index (χ4n) is 1.60. The Labute approximate surface area is 91.3 Å². The second kappa shape index (κ2) is 5.53. The van der Waals surface area contributed by atoms with Gasteiger partial charge in [0.25, 0.3) is 0 Å². The van der Waals surface area contributed by atoms with E-state index in [1.807, 2.05) is 6.92 Å².